The Morgan fingerprint density at radius 1 is 1.03 bits per heavy atom. The fourth-order valence-electron chi connectivity index (χ4n) is 3.01. The van der Waals surface area contributed by atoms with E-state index >= 15 is 0 Å². The number of urea groups is 1. The molecule has 1 saturated heterocycles. The van der Waals surface area contributed by atoms with Crippen LogP contribution in [0.15, 0.2) is 53.0 Å². The van der Waals surface area contributed by atoms with Crippen LogP contribution in [0.4, 0.5) is 10.5 Å². The van der Waals surface area contributed by atoms with E-state index in [0.29, 0.717) is 11.3 Å². The number of rotatable bonds is 4. The molecular formula is C20H21BrN2O5S. The molecule has 7 nitrogen and oxygen atoms in total. The van der Waals surface area contributed by atoms with Crippen LogP contribution in [0.3, 0.4) is 0 Å². The van der Waals surface area contributed by atoms with Crippen LogP contribution in [0.25, 0.3) is 0 Å². The van der Waals surface area contributed by atoms with Gasteiger partial charge in [-0.15, -0.1) is 0 Å². The van der Waals surface area contributed by atoms with Crippen LogP contribution >= 0.6 is 15.9 Å². The number of sulfone groups is 1. The molecule has 2 amide bonds. The van der Waals surface area contributed by atoms with Crippen molar-refractivity contribution in [2.45, 2.75) is 6.54 Å². The van der Waals surface area contributed by atoms with E-state index in [-0.39, 0.29) is 37.2 Å². The number of esters is 1. The molecule has 1 fully saturated rings. The SMILES string of the molecule is COC(=O)c1ccc(CN(C(=O)N2CCS(=O)(=O)CC2)c2ccc(Br)cc2)cc1. The molecule has 1 heterocycles. The minimum absolute atomic E-state index is 0.0270. The maximum Gasteiger partial charge on any atom is 0.337 e. The zero-order valence-electron chi connectivity index (χ0n) is 15.9. The van der Waals surface area contributed by atoms with Gasteiger partial charge in [0.25, 0.3) is 0 Å². The Bertz CT molecular complexity index is 977. The van der Waals surface area contributed by atoms with Gasteiger partial charge in [0.2, 0.25) is 0 Å². The summed E-state index contributed by atoms with van der Waals surface area (Å²) in [6.07, 6.45) is 0. The van der Waals surface area contributed by atoms with Crippen LogP contribution in [0.5, 0.6) is 0 Å². The second-order valence-electron chi connectivity index (χ2n) is 6.67. The minimum atomic E-state index is -3.08. The van der Waals surface area contributed by atoms with Crippen LogP contribution in [-0.4, -0.2) is 57.0 Å². The molecule has 0 aliphatic carbocycles. The molecule has 1 aliphatic rings. The topological polar surface area (TPSA) is 84.0 Å². The zero-order valence-corrected chi connectivity index (χ0v) is 18.3. The van der Waals surface area contributed by atoms with Gasteiger partial charge in [-0.1, -0.05) is 28.1 Å². The standard InChI is InChI=1S/C20H21BrN2O5S/c1-28-19(24)16-4-2-15(3-5-16)14-23(18-8-6-17(21)7-9-18)20(25)22-10-12-29(26,27)13-11-22/h2-9H,10-14H2,1H3. The lowest BCUT2D eigenvalue weighted by molar-refractivity contribution is 0.0600. The Kier molecular flexibility index (Phi) is 6.59. The van der Waals surface area contributed by atoms with Crippen LogP contribution in [0, 0.1) is 0 Å². The molecular weight excluding hydrogens is 460 g/mol. The zero-order chi connectivity index (χ0) is 21.0. The minimum Gasteiger partial charge on any atom is -0.465 e. The number of hydrogen-bond acceptors (Lipinski definition) is 5. The van der Waals surface area contributed by atoms with E-state index in [2.05, 4.69) is 15.9 Å². The van der Waals surface area contributed by atoms with Crippen molar-refractivity contribution in [2.75, 3.05) is 36.6 Å². The van der Waals surface area contributed by atoms with Gasteiger partial charge in [-0.05, 0) is 42.0 Å². The summed E-state index contributed by atoms with van der Waals surface area (Å²) in [5.41, 5.74) is 1.96. The summed E-state index contributed by atoms with van der Waals surface area (Å²) in [5.74, 6) is -0.478. The van der Waals surface area contributed by atoms with Crippen LogP contribution in [0.2, 0.25) is 0 Å². The Hall–Kier alpha value is -2.39. The van der Waals surface area contributed by atoms with Gasteiger partial charge in [0.1, 0.15) is 0 Å². The van der Waals surface area contributed by atoms with Crippen molar-refractivity contribution in [3.63, 3.8) is 0 Å². The molecule has 0 saturated carbocycles. The monoisotopic (exact) mass is 480 g/mol. The van der Waals surface area contributed by atoms with E-state index in [1.807, 2.05) is 24.3 Å². The summed E-state index contributed by atoms with van der Waals surface area (Å²) in [7, 11) is -1.76. The van der Waals surface area contributed by atoms with Crippen molar-refractivity contribution < 1.29 is 22.7 Å². The largest absolute Gasteiger partial charge is 0.465 e. The third kappa shape index (κ3) is 5.36. The number of hydrogen-bond donors (Lipinski definition) is 0. The first kappa shape index (κ1) is 21.3. The third-order valence-electron chi connectivity index (χ3n) is 4.70. The average Bonchev–Trinajstić information content (AvgIpc) is 2.72. The Labute approximate surface area is 178 Å². The van der Waals surface area contributed by atoms with Crippen molar-refractivity contribution in [1.82, 2.24) is 4.90 Å². The van der Waals surface area contributed by atoms with Gasteiger partial charge in [0.15, 0.2) is 9.84 Å². The quantitative estimate of drug-likeness (QED) is 0.627. The highest BCUT2D eigenvalue weighted by Gasteiger charge is 2.29. The molecule has 3 rings (SSSR count). The van der Waals surface area contributed by atoms with E-state index in [9.17, 15) is 18.0 Å². The molecule has 0 N–H and O–H groups in total. The summed E-state index contributed by atoms with van der Waals surface area (Å²) < 4.78 is 29.0. The van der Waals surface area contributed by atoms with E-state index < -0.39 is 15.8 Å². The van der Waals surface area contributed by atoms with Gasteiger partial charge in [-0.25, -0.2) is 18.0 Å². The predicted octanol–water partition coefficient (Wildman–Crippen LogP) is 3.09. The highest BCUT2D eigenvalue weighted by molar-refractivity contribution is 9.10. The molecule has 0 bridgehead atoms. The molecule has 0 spiro atoms. The normalized spacial score (nSPS) is 15.6. The molecule has 9 heteroatoms. The van der Waals surface area contributed by atoms with E-state index in [0.717, 1.165) is 10.0 Å². The summed E-state index contributed by atoms with van der Waals surface area (Å²) in [6, 6.07) is 13.9. The molecule has 0 atom stereocenters. The summed E-state index contributed by atoms with van der Waals surface area (Å²) in [5, 5.41) is 0. The number of methoxy groups -OCH3 is 1. The second kappa shape index (κ2) is 8.96. The molecule has 0 aromatic heterocycles. The molecule has 29 heavy (non-hydrogen) atoms. The lowest BCUT2D eigenvalue weighted by atomic mass is 10.1. The molecule has 2 aromatic carbocycles. The maximum absolute atomic E-state index is 13.2. The summed E-state index contributed by atoms with van der Waals surface area (Å²) in [6.45, 7) is 0.635. The first-order valence-electron chi connectivity index (χ1n) is 8.99. The van der Waals surface area contributed by atoms with Crippen molar-refractivity contribution in [1.29, 1.82) is 0 Å². The highest BCUT2D eigenvalue weighted by Crippen LogP contribution is 2.23. The number of halogens is 1. The van der Waals surface area contributed by atoms with Crippen molar-refractivity contribution in [3.8, 4) is 0 Å². The number of carbonyl (C=O) groups is 2. The first-order chi connectivity index (χ1) is 13.8. The number of ether oxygens (including phenoxy) is 1. The fraction of sp³-hybridized carbons (Fsp3) is 0.300. The Morgan fingerprint density at radius 2 is 1.62 bits per heavy atom. The summed E-state index contributed by atoms with van der Waals surface area (Å²) >= 11 is 3.39. The van der Waals surface area contributed by atoms with Crippen LogP contribution < -0.4 is 4.90 Å². The smallest absolute Gasteiger partial charge is 0.337 e. The van der Waals surface area contributed by atoms with Gasteiger partial charge in [0, 0.05) is 23.2 Å². The van der Waals surface area contributed by atoms with Gasteiger partial charge in [-0.3, -0.25) is 4.90 Å². The predicted molar refractivity (Wildman–Crippen MR) is 114 cm³/mol. The number of carbonyl (C=O) groups excluding carboxylic acids is 2. The van der Waals surface area contributed by atoms with Crippen molar-refractivity contribution in [2.24, 2.45) is 0 Å². The van der Waals surface area contributed by atoms with Gasteiger partial charge >= 0.3 is 12.0 Å². The Morgan fingerprint density at radius 3 is 2.17 bits per heavy atom. The molecule has 154 valence electrons. The number of anilines is 1. The number of benzene rings is 2. The van der Waals surface area contributed by atoms with E-state index in [1.54, 1.807) is 34.1 Å². The van der Waals surface area contributed by atoms with E-state index in [1.165, 1.54) is 7.11 Å². The highest BCUT2D eigenvalue weighted by atomic mass is 79.9. The average molecular weight is 481 g/mol. The summed E-state index contributed by atoms with van der Waals surface area (Å²) in [4.78, 5) is 28.0. The number of amides is 2. The molecule has 0 radical (unpaired) electrons. The maximum atomic E-state index is 13.2. The molecule has 0 unspecified atom stereocenters. The lowest BCUT2D eigenvalue weighted by Gasteiger charge is -2.33. The van der Waals surface area contributed by atoms with E-state index in [4.69, 9.17) is 4.74 Å². The molecule has 2 aromatic rings. The van der Waals surface area contributed by atoms with Crippen molar-refractivity contribution >= 4 is 43.5 Å². The van der Waals surface area contributed by atoms with Crippen LogP contribution in [-0.2, 0) is 21.1 Å². The third-order valence-corrected chi connectivity index (χ3v) is 6.84. The number of nitrogens with zero attached hydrogens (tertiary/aromatic N) is 2. The second-order valence-corrected chi connectivity index (χ2v) is 9.89. The lowest BCUT2D eigenvalue weighted by Crippen LogP contribution is -2.49. The van der Waals surface area contributed by atoms with Gasteiger partial charge < -0.3 is 9.64 Å². The van der Waals surface area contributed by atoms with Crippen molar-refractivity contribution in [3.05, 3.63) is 64.1 Å². The van der Waals surface area contributed by atoms with Crippen LogP contribution in [0.1, 0.15) is 15.9 Å². The van der Waals surface area contributed by atoms with Gasteiger partial charge in [0.05, 0.1) is 30.7 Å². The van der Waals surface area contributed by atoms with Gasteiger partial charge in [-0.2, -0.15) is 0 Å². The Balaban J connectivity index is 1.84. The molecule has 1 aliphatic heterocycles. The fourth-order valence-corrected chi connectivity index (χ4v) is 4.48. The first-order valence-corrected chi connectivity index (χ1v) is 11.6.